The molecule has 1 aromatic heterocycles. The van der Waals surface area contributed by atoms with Crippen molar-refractivity contribution < 1.29 is 0 Å². The maximum Gasteiger partial charge on any atom is 0.232 e. The predicted octanol–water partition coefficient (Wildman–Crippen LogP) is 5.29. The molecule has 0 spiro atoms. The third-order valence-corrected chi connectivity index (χ3v) is 5.27. The van der Waals surface area contributed by atoms with Crippen molar-refractivity contribution >= 4 is 39.1 Å². The fraction of sp³-hybridized carbons (Fsp3) is 0.200. The quantitative estimate of drug-likeness (QED) is 0.654. The molecule has 0 amide bonds. The van der Waals surface area contributed by atoms with Crippen LogP contribution in [0.15, 0.2) is 53.0 Å². The van der Waals surface area contributed by atoms with E-state index in [-0.39, 0.29) is 0 Å². The summed E-state index contributed by atoms with van der Waals surface area (Å²) in [4.78, 5) is 11.6. The smallest absolute Gasteiger partial charge is 0.232 e. The minimum Gasteiger partial charge on any atom is -0.340 e. The van der Waals surface area contributed by atoms with Crippen LogP contribution in [0.25, 0.3) is 0 Å². The molecule has 5 heteroatoms. The molecule has 3 aromatic rings. The first-order chi connectivity index (χ1) is 12.1. The van der Waals surface area contributed by atoms with Crippen molar-refractivity contribution in [1.29, 1.82) is 0 Å². The summed E-state index contributed by atoms with van der Waals surface area (Å²) in [5.41, 5.74) is 5.71. The highest BCUT2D eigenvalue weighted by molar-refractivity contribution is 9.10. The zero-order valence-corrected chi connectivity index (χ0v) is 15.8. The summed E-state index contributed by atoms with van der Waals surface area (Å²) in [6, 6.07) is 16.6. The molecule has 0 saturated heterocycles. The van der Waals surface area contributed by atoms with Crippen LogP contribution in [-0.4, -0.2) is 16.5 Å². The van der Waals surface area contributed by atoms with Crippen LogP contribution in [0.2, 0.25) is 0 Å². The minimum absolute atomic E-state index is 0.749. The average Bonchev–Trinajstić information content (AvgIpc) is 3.02. The van der Waals surface area contributed by atoms with E-state index in [2.05, 4.69) is 80.5 Å². The van der Waals surface area contributed by atoms with Gasteiger partial charge in [-0.1, -0.05) is 40.2 Å². The molecule has 0 aliphatic carbocycles. The van der Waals surface area contributed by atoms with Gasteiger partial charge in [0.1, 0.15) is 5.82 Å². The van der Waals surface area contributed by atoms with Crippen LogP contribution in [0, 0.1) is 13.8 Å². The molecule has 1 N–H and O–H groups in total. The molecule has 2 heterocycles. The Labute approximate surface area is 156 Å². The lowest BCUT2D eigenvalue weighted by Gasteiger charge is -2.18. The Hall–Kier alpha value is -2.40. The Morgan fingerprint density at radius 3 is 2.72 bits per heavy atom. The second-order valence-electron chi connectivity index (χ2n) is 6.31. The monoisotopic (exact) mass is 394 g/mol. The minimum atomic E-state index is 0.749. The number of nitrogens with one attached hydrogen (secondary N) is 1. The van der Waals surface area contributed by atoms with Gasteiger partial charge < -0.3 is 10.2 Å². The second kappa shape index (κ2) is 6.48. The van der Waals surface area contributed by atoms with Crippen molar-refractivity contribution in [2.75, 3.05) is 16.8 Å². The number of aromatic nitrogens is 2. The van der Waals surface area contributed by atoms with Gasteiger partial charge in [0.05, 0.1) is 0 Å². The van der Waals surface area contributed by atoms with Crippen LogP contribution >= 0.6 is 15.9 Å². The van der Waals surface area contributed by atoms with Crippen molar-refractivity contribution in [3.05, 3.63) is 69.8 Å². The number of anilines is 4. The van der Waals surface area contributed by atoms with Gasteiger partial charge in [-0.15, -0.1) is 0 Å². The summed E-state index contributed by atoms with van der Waals surface area (Å²) in [5.74, 6) is 1.56. The standard InChI is InChI=1S/C20H19BrN4/c1-13-7-8-16(12-17(13)21)23-19-11-14(2)22-20(24-19)25-10-9-15-5-3-4-6-18(15)25/h3-8,11-12H,9-10H2,1-2H3,(H,22,23,24). The molecule has 0 unspecified atom stereocenters. The first kappa shape index (κ1) is 16.1. The molecule has 0 saturated carbocycles. The third-order valence-electron chi connectivity index (χ3n) is 4.42. The Kier molecular flexibility index (Phi) is 4.17. The number of aryl methyl sites for hydroxylation is 2. The maximum atomic E-state index is 4.75. The molecule has 0 atom stereocenters. The van der Waals surface area contributed by atoms with E-state index in [1.54, 1.807) is 0 Å². The number of halogens is 1. The maximum absolute atomic E-state index is 4.75. The van der Waals surface area contributed by atoms with Crippen LogP contribution in [0.4, 0.5) is 23.1 Å². The van der Waals surface area contributed by atoms with Gasteiger partial charge in [0.25, 0.3) is 0 Å². The summed E-state index contributed by atoms with van der Waals surface area (Å²) in [6.07, 6.45) is 1.03. The van der Waals surface area contributed by atoms with Gasteiger partial charge in [0.15, 0.2) is 0 Å². The summed E-state index contributed by atoms with van der Waals surface area (Å²) in [7, 11) is 0. The van der Waals surface area contributed by atoms with Crippen LogP contribution in [-0.2, 0) is 6.42 Å². The van der Waals surface area contributed by atoms with E-state index in [4.69, 9.17) is 4.98 Å². The molecular weight excluding hydrogens is 376 g/mol. The fourth-order valence-electron chi connectivity index (χ4n) is 3.10. The zero-order valence-electron chi connectivity index (χ0n) is 14.3. The Balaban J connectivity index is 1.66. The van der Waals surface area contributed by atoms with E-state index >= 15 is 0 Å². The van der Waals surface area contributed by atoms with E-state index < -0.39 is 0 Å². The molecule has 25 heavy (non-hydrogen) atoms. The number of hydrogen-bond donors (Lipinski definition) is 1. The van der Waals surface area contributed by atoms with Gasteiger partial charge in [0, 0.05) is 34.2 Å². The first-order valence-electron chi connectivity index (χ1n) is 8.34. The number of rotatable bonds is 3. The van der Waals surface area contributed by atoms with Crippen molar-refractivity contribution in [1.82, 2.24) is 9.97 Å². The summed E-state index contributed by atoms with van der Waals surface area (Å²) >= 11 is 3.58. The Morgan fingerprint density at radius 2 is 1.88 bits per heavy atom. The number of benzene rings is 2. The van der Waals surface area contributed by atoms with Gasteiger partial charge >= 0.3 is 0 Å². The SMILES string of the molecule is Cc1cc(Nc2ccc(C)c(Br)c2)nc(N2CCc3ccccc32)n1. The van der Waals surface area contributed by atoms with E-state index in [1.807, 2.05) is 13.0 Å². The van der Waals surface area contributed by atoms with Gasteiger partial charge in [-0.25, -0.2) is 4.98 Å². The van der Waals surface area contributed by atoms with Crippen molar-refractivity contribution in [2.45, 2.75) is 20.3 Å². The Bertz CT molecular complexity index is 939. The fourth-order valence-corrected chi connectivity index (χ4v) is 3.48. The number of fused-ring (bicyclic) bond motifs is 1. The topological polar surface area (TPSA) is 41.1 Å². The van der Waals surface area contributed by atoms with E-state index in [1.165, 1.54) is 16.8 Å². The van der Waals surface area contributed by atoms with E-state index in [9.17, 15) is 0 Å². The zero-order chi connectivity index (χ0) is 17.4. The van der Waals surface area contributed by atoms with Crippen molar-refractivity contribution in [3.63, 3.8) is 0 Å². The summed E-state index contributed by atoms with van der Waals surface area (Å²) in [6.45, 7) is 4.99. The van der Waals surface area contributed by atoms with Crippen LogP contribution < -0.4 is 10.2 Å². The highest BCUT2D eigenvalue weighted by atomic mass is 79.9. The van der Waals surface area contributed by atoms with Gasteiger partial charge in [-0.05, 0) is 49.6 Å². The van der Waals surface area contributed by atoms with Gasteiger partial charge in [-0.2, -0.15) is 4.98 Å². The molecule has 0 bridgehead atoms. The van der Waals surface area contributed by atoms with Gasteiger partial charge in [-0.3, -0.25) is 0 Å². The molecular formula is C20H19BrN4. The lowest BCUT2D eigenvalue weighted by molar-refractivity contribution is 0.931. The van der Waals surface area contributed by atoms with Crippen LogP contribution in [0.3, 0.4) is 0 Å². The molecule has 1 aliphatic rings. The Morgan fingerprint density at radius 1 is 1.04 bits per heavy atom. The summed E-state index contributed by atoms with van der Waals surface area (Å²) < 4.78 is 1.08. The third kappa shape index (κ3) is 3.24. The highest BCUT2D eigenvalue weighted by Gasteiger charge is 2.22. The largest absolute Gasteiger partial charge is 0.340 e. The van der Waals surface area contributed by atoms with Crippen LogP contribution in [0.5, 0.6) is 0 Å². The average molecular weight is 395 g/mol. The predicted molar refractivity (Wildman–Crippen MR) is 106 cm³/mol. The normalized spacial score (nSPS) is 13.0. The van der Waals surface area contributed by atoms with E-state index in [0.29, 0.717) is 0 Å². The molecule has 0 fully saturated rings. The van der Waals surface area contributed by atoms with Crippen molar-refractivity contribution in [2.24, 2.45) is 0 Å². The number of hydrogen-bond acceptors (Lipinski definition) is 4. The molecule has 2 aromatic carbocycles. The number of nitrogens with zero attached hydrogens (tertiary/aromatic N) is 3. The molecule has 126 valence electrons. The summed E-state index contributed by atoms with van der Waals surface area (Å²) in [5, 5.41) is 3.39. The lowest BCUT2D eigenvalue weighted by Crippen LogP contribution is -2.17. The van der Waals surface area contributed by atoms with Crippen LogP contribution in [0.1, 0.15) is 16.8 Å². The number of para-hydroxylation sites is 1. The van der Waals surface area contributed by atoms with E-state index in [0.717, 1.165) is 40.6 Å². The second-order valence-corrected chi connectivity index (χ2v) is 7.17. The van der Waals surface area contributed by atoms with Crippen molar-refractivity contribution in [3.8, 4) is 0 Å². The molecule has 4 rings (SSSR count). The molecule has 1 aliphatic heterocycles. The molecule has 4 nitrogen and oxygen atoms in total. The lowest BCUT2D eigenvalue weighted by atomic mass is 10.2. The van der Waals surface area contributed by atoms with Gasteiger partial charge in [0.2, 0.25) is 5.95 Å². The first-order valence-corrected chi connectivity index (χ1v) is 9.14. The highest BCUT2D eigenvalue weighted by Crippen LogP contribution is 2.33. The molecule has 0 radical (unpaired) electrons.